The highest BCUT2D eigenvalue weighted by molar-refractivity contribution is 5.82. The van der Waals surface area contributed by atoms with E-state index in [0.717, 1.165) is 82.9 Å². The lowest BCUT2D eigenvalue weighted by Crippen LogP contribution is -2.41. The zero-order chi connectivity index (χ0) is 34.9. The fourth-order valence-electron chi connectivity index (χ4n) is 7.16. The Morgan fingerprint density at radius 2 is 1.69 bits per heavy atom. The SMILES string of the molecule is Cc1cc(F)cc(C)c1-c1cc([C@@H](CC(=O)O)NC(=O)[C@@H](CC(C)C)n2cc(CCN3CCC3)c(C(F)(F)F)cc2=O)cc2c1CCC2. The number of alkyl halides is 3. The average molecular weight is 670 g/mol. The lowest BCUT2D eigenvalue weighted by Gasteiger charge is -2.31. The number of aliphatic carboxylic acids is 1. The van der Waals surface area contributed by atoms with Crippen LogP contribution in [0.25, 0.3) is 11.1 Å². The van der Waals surface area contributed by atoms with Gasteiger partial charge in [0.05, 0.1) is 18.0 Å². The fraction of sp³-hybridized carbons (Fsp3) is 0.486. The summed E-state index contributed by atoms with van der Waals surface area (Å²) in [4.78, 5) is 41.6. The van der Waals surface area contributed by atoms with E-state index in [1.165, 1.54) is 12.1 Å². The van der Waals surface area contributed by atoms with E-state index in [-0.39, 0.29) is 30.1 Å². The van der Waals surface area contributed by atoms with Gasteiger partial charge in [-0.1, -0.05) is 19.9 Å². The smallest absolute Gasteiger partial charge is 0.416 e. The Morgan fingerprint density at radius 1 is 1.00 bits per heavy atom. The third-order valence-electron chi connectivity index (χ3n) is 9.55. The number of hydrogen-bond acceptors (Lipinski definition) is 4. The van der Waals surface area contributed by atoms with Gasteiger partial charge in [-0.15, -0.1) is 0 Å². The van der Waals surface area contributed by atoms with Crippen molar-refractivity contribution in [3.05, 3.63) is 91.6 Å². The fourth-order valence-corrected chi connectivity index (χ4v) is 7.16. The van der Waals surface area contributed by atoms with Crippen LogP contribution in [-0.2, 0) is 35.0 Å². The maximum atomic E-state index is 14.2. The summed E-state index contributed by atoms with van der Waals surface area (Å²) in [5, 5.41) is 12.8. The Labute approximate surface area is 278 Å². The zero-order valence-electron chi connectivity index (χ0n) is 27.8. The first-order valence-corrected chi connectivity index (χ1v) is 16.6. The van der Waals surface area contributed by atoms with E-state index in [4.69, 9.17) is 0 Å². The van der Waals surface area contributed by atoms with E-state index in [1.807, 2.05) is 44.7 Å². The lowest BCUT2D eigenvalue weighted by atomic mass is 9.87. The van der Waals surface area contributed by atoms with Crippen LogP contribution in [-0.4, -0.2) is 46.1 Å². The maximum Gasteiger partial charge on any atom is 0.416 e. The summed E-state index contributed by atoms with van der Waals surface area (Å²) >= 11 is 0. The molecule has 2 atom stereocenters. The van der Waals surface area contributed by atoms with Gasteiger partial charge in [-0.05, 0) is 134 Å². The van der Waals surface area contributed by atoms with Crippen molar-refractivity contribution in [3.8, 4) is 11.1 Å². The number of carboxylic acid groups (broad SMARTS) is 1. The van der Waals surface area contributed by atoms with Crippen LogP contribution in [0.4, 0.5) is 17.6 Å². The summed E-state index contributed by atoms with van der Waals surface area (Å²) in [7, 11) is 0. The molecule has 2 aliphatic rings. The molecule has 48 heavy (non-hydrogen) atoms. The third kappa shape index (κ3) is 7.83. The molecule has 2 aromatic carbocycles. The molecule has 2 heterocycles. The summed E-state index contributed by atoms with van der Waals surface area (Å²) in [6, 6.07) is 5.10. The highest BCUT2D eigenvalue weighted by Gasteiger charge is 2.36. The van der Waals surface area contributed by atoms with Gasteiger partial charge in [0.15, 0.2) is 0 Å². The van der Waals surface area contributed by atoms with Gasteiger partial charge in [-0.2, -0.15) is 13.2 Å². The number of rotatable bonds is 12. The largest absolute Gasteiger partial charge is 0.481 e. The van der Waals surface area contributed by atoms with Crippen LogP contribution in [0.15, 0.2) is 41.3 Å². The number of nitrogens with zero attached hydrogens (tertiary/aromatic N) is 2. The van der Waals surface area contributed by atoms with E-state index >= 15 is 0 Å². The predicted octanol–water partition coefficient (Wildman–Crippen LogP) is 6.95. The van der Waals surface area contributed by atoms with Crippen molar-refractivity contribution in [2.75, 3.05) is 19.6 Å². The summed E-state index contributed by atoms with van der Waals surface area (Å²) < 4.78 is 57.4. The van der Waals surface area contributed by atoms with Crippen LogP contribution in [0.2, 0.25) is 0 Å². The van der Waals surface area contributed by atoms with E-state index in [0.29, 0.717) is 18.2 Å². The number of fused-ring (bicyclic) bond motifs is 1. The van der Waals surface area contributed by atoms with Gasteiger partial charge in [0, 0.05) is 18.8 Å². The molecule has 7 nitrogen and oxygen atoms in total. The molecule has 1 aliphatic heterocycles. The van der Waals surface area contributed by atoms with Crippen LogP contribution in [0, 0.1) is 25.6 Å². The number of carboxylic acids is 1. The summed E-state index contributed by atoms with van der Waals surface area (Å²) in [6.07, 6.45) is -0.371. The van der Waals surface area contributed by atoms with Gasteiger partial charge in [-0.3, -0.25) is 14.4 Å². The molecular formula is C37H43F4N3O4. The van der Waals surface area contributed by atoms with Crippen molar-refractivity contribution in [2.24, 2.45) is 5.92 Å². The molecule has 1 fully saturated rings. The standard InChI is InChI=1S/C37H43F4N3O4/c1-21(2)13-32(44-20-25(9-12-43-10-6-11-43)30(18-33(44)45)37(39,40)41)36(48)42-31(19-34(46)47)26-16-24-7-5-8-28(24)29(17-26)35-22(3)14-27(38)15-23(35)4/h14-18,20-21,31-32H,5-13,19H2,1-4H3,(H,42,48)(H,46,47)/t31-,32-/m1/s1. The van der Waals surface area contributed by atoms with Crippen molar-refractivity contribution >= 4 is 11.9 Å². The molecule has 11 heteroatoms. The normalized spacial score (nSPS) is 16.0. The van der Waals surface area contributed by atoms with Gasteiger partial charge in [-0.25, -0.2) is 4.39 Å². The van der Waals surface area contributed by atoms with E-state index in [2.05, 4.69) is 5.32 Å². The highest BCUT2D eigenvalue weighted by Crippen LogP contribution is 2.39. The number of carbonyl (C=O) groups is 2. The number of pyridine rings is 1. The number of aryl methyl sites for hydroxylation is 3. The van der Waals surface area contributed by atoms with Gasteiger partial charge in [0.2, 0.25) is 5.91 Å². The van der Waals surface area contributed by atoms with E-state index in [1.54, 1.807) is 0 Å². The molecule has 1 aliphatic carbocycles. The molecule has 1 saturated heterocycles. The number of nitrogens with one attached hydrogen (secondary N) is 1. The number of hydrogen-bond donors (Lipinski definition) is 2. The second-order valence-electron chi connectivity index (χ2n) is 13.7. The number of carbonyl (C=O) groups excluding carboxylic acids is 1. The lowest BCUT2D eigenvalue weighted by molar-refractivity contribution is -0.139. The molecular weight excluding hydrogens is 626 g/mol. The van der Waals surface area contributed by atoms with Gasteiger partial charge >= 0.3 is 12.1 Å². The zero-order valence-corrected chi connectivity index (χ0v) is 27.8. The van der Waals surface area contributed by atoms with Crippen LogP contribution in [0.1, 0.15) is 90.6 Å². The highest BCUT2D eigenvalue weighted by atomic mass is 19.4. The Bertz CT molecular complexity index is 1740. The molecule has 0 spiro atoms. The Hall–Kier alpha value is -3.99. The summed E-state index contributed by atoms with van der Waals surface area (Å²) in [6.45, 7) is 9.34. The molecule has 2 N–H and O–H groups in total. The molecule has 1 aromatic heterocycles. The summed E-state index contributed by atoms with van der Waals surface area (Å²) in [5.74, 6) is -2.28. The van der Waals surface area contributed by atoms with Crippen molar-refractivity contribution in [1.82, 2.24) is 14.8 Å². The average Bonchev–Trinajstić information content (AvgIpc) is 3.43. The minimum atomic E-state index is -4.74. The van der Waals surface area contributed by atoms with Crippen LogP contribution < -0.4 is 10.9 Å². The van der Waals surface area contributed by atoms with E-state index in [9.17, 15) is 37.1 Å². The van der Waals surface area contributed by atoms with Gasteiger partial charge < -0.3 is 19.9 Å². The number of halogens is 4. The first-order valence-electron chi connectivity index (χ1n) is 16.6. The monoisotopic (exact) mass is 669 g/mol. The first-order chi connectivity index (χ1) is 22.6. The Balaban J connectivity index is 1.55. The quantitative estimate of drug-likeness (QED) is 0.204. The van der Waals surface area contributed by atoms with Crippen LogP contribution in [0.3, 0.4) is 0 Å². The molecule has 1 amide bonds. The minimum absolute atomic E-state index is 0.0624. The summed E-state index contributed by atoms with van der Waals surface area (Å²) in [5.41, 5.74) is 3.87. The van der Waals surface area contributed by atoms with E-state index < -0.39 is 47.7 Å². The number of likely N-dealkylation sites (tertiary alicyclic amines) is 1. The second-order valence-corrected chi connectivity index (χ2v) is 13.7. The predicted molar refractivity (Wildman–Crippen MR) is 175 cm³/mol. The van der Waals surface area contributed by atoms with Gasteiger partial charge in [0.25, 0.3) is 5.56 Å². The molecule has 0 radical (unpaired) electrons. The Kier molecular flexibility index (Phi) is 10.5. The van der Waals surface area contributed by atoms with Crippen LogP contribution >= 0.6 is 0 Å². The van der Waals surface area contributed by atoms with Gasteiger partial charge in [0.1, 0.15) is 11.9 Å². The topological polar surface area (TPSA) is 91.6 Å². The van der Waals surface area contributed by atoms with Crippen molar-refractivity contribution in [3.63, 3.8) is 0 Å². The molecule has 5 rings (SSSR count). The van der Waals surface area contributed by atoms with Crippen molar-refractivity contribution in [1.29, 1.82) is 0 Å². The van der Waals surface area contributed by atoms with Crippen LogP contribution in [0.5, 0.6) is 0 Å². The number of aromatic nitrogens is 1. The molecule has 0 bridgehead atoms. The minimum Gasteiger partial charge on any atom is -0.481 e. The van der Waals surface area contributed by atoms with Crippen molar-refractivity contribution in [2.45, 2.75) is 90.9 Å². The molecule has 258 valence electrons. The first kappa shape index (κ1) is 35.3. The van der Waals surface area contributed by atoms with Crippen molar-refractivity contribution < 1.29 is 32.3 Å². The Morgan fingerprint density at radius 3 is 2.27 bits per heavy atom. The molecule has 0 saturated carbocycles. The molecule has 0 unspecified atom stereocenters. The third-order valence-corrected chi connectivity index (χ3v) is 9.55. The maximum absolute atomic E-state index is 14.2. The molecule has 3 aromatic rings. The second kappa shape index (κ2) is 14.2. The number of benzene rings is 2. The number of amides is 1.